The molecule has 1 aromatic carbocycles. The van der Waals surface area contributed by atoms with Gasteiger partial charge in [-0.25, -0.2) is 9.37 Å². The third-order valence-corrected chi connectivity index (χ3v) is 4.59. The number of carbonyl (C=O) groups excluding carboxylic acids is 1. The Morgan fingerprint density at radius 2 is 1.88 bits per heavy atom. The van der Waals surface area contributed by atoms with E-state index in [0.717, 1.165) is 31.5 Å². The first-order valence-electron chi connectivity index (χ1n) is 8.63. The summed E-state index contributed by atoms with van der Waals surface area (Å²) in [6, 6.07) is 9.83. The van der Waals surface area contributed by atoms with Gasteiger partial charge in [0.05, 0.1) is 11.6 Å². The second-order valence-electron chi connectivity index (χ2n) is 6.35. The Bertz CT molecular complexity index is 696. The molecular weight excluding hydrogens is 319 g/mol. The molecule has 3 N–H and O–H groups in total. The van der Waals surface area contributed by atoms with Gasteiger partial charge in [0.15, 0.2) is 0 Å². The quantitative estimate of drug-likeness (QED) is 0.876. The Morgan fingerprint density at radius 1 is 1.16 bits per heavy atom. The normalized spacial score (nSPS) is 16.4. The Morgan fingerprint density at radius 3 is 2.52 bits per heavy atom. The van der Waals surface area contributed by atoms with Crippen molar-refractivity contribution in [2.75, 3.05) is 25.4 Å². The Balaban J connectivity index is 1.71. The number of likely N-dealkylation sites (tertiary alicyclic amines) is 1. The zero-order chi connectivity index (χ0) is 17.6. The van der Waals surface area contributed by atoms with Crippen molar-refractivity contribution in [2.24, 2.45) is 0 Å². The van der Waals surface area contributed by atoms with Crippen molar-refractivity contribution in [3.05, 3.63) is 59.5 Å². The summed E-state index contributed by atoms with van der Waals surface area (Å²) in [6.45, 7) is 2.44. The maximum Gasteiger partial charge on any atom is 0.252 e. The molecule has 1 fully saturated rings. The zero-order valence-electron chi connectivity index (χ0n) is 14.1. The molecule has 0 saturated carbocycles. The molecule has 1 aliphatic rings. The summed E-state index contributed by atoms with van der Waals surface area (Å²) in [6.07, 6.45) is 5.00. The van der Waals surface area contributed by atoms with Crippen LogP contribution in [0.15, 0.2) is 42.6 Å². The highest BCUT2D eigenvalue weighted by Gasteiger charge is 2.23. The van der Waals surface area contributed by atoms with Gasteiger partial charge in [0.2, 0.25) is 0 Å². The van der Waals surface area contributed by atoms with Crippen LogP contribution in [0.2, 0.25) is 0 Å². The van der Waals surface area contributed by atoms with Crippen LogP contribution in [-0.4, -0.2) is 35.4 Å². The van der Waals surface area contributed by atoms with Gasteiger partial charge in [0, 0.05) is 12.7 Å². The molecule has 132 valence electrons. The number of piperidine rings is 1. The van der Waals surface area contributed by atoms with Crippen LogP contribution < -0.4 is 11.1 Å². The van der Waals surface area contributed by atoms with E-state index in [-0.39, 0.29) is 17.8 Å². The van der Waals surface area contributed by atoms with E-state index < -0.39 is 0 Å². The van der Waals surface area contributed by atoms with E-state index in [0.29, 0.717) is 17.9 Å². The van der Waals surface area contributed by atoms with Crippen LogP contribution >= 0.6 is 0 Å². The van der Waals surface area contributed by atoms with Crippen molar-refractivity contribution >= 4 is 11.7 Å². The van der Waals surface area contributed by atoms with Crippen molar-refractivity contribution in [1.82, 2.24) is 15.2 Å². The second kappa shape index (κ2) is 8.07. The second-order valence-corrected chi connectivity index (χ2v) is 6.35. The third kappa shape index (κ3) is 4.54. The molecule has 1 aromatic heterocycles. The first kappa shape index (κ1) is 17.4. The summed E-state index contributed by atoms with van der Waals surface area (Å²) < 4.78 is 13.3. The fourth-order valence-electron chi connectivity index (χ4n) is 3.20. The molecule has 1 saturated heterocycles. The number of carbonyl (C=O) groups is 1. The van der Waals surface area contributed by atoms with E-state index in [9.17, 15) is 9.18 Å². The molecule has 5 nitrogen and oxygen atoms in total. The van der Waals surface area contributed by atoms with Crippen LogP contribution in [0.1, 0.15) is 41.2 Å². The first-order valence-corrected chi connectivity index (χ1v) is 8.63. The number of rotatable bonds is 5. The minimum absolute atomic E-state index is 0.0339. The molecule has 25 heavy (non-hydrogen) atoms. The van der Waals surface area contributed by atoms with Gasteiger partial charge in [-0.1, -0.05) is 18.6 Å². The Kier molecular flexibility index (Phi) is 5.60. The van der Waals surface area contributed by atoms with E-state index in [2.05, 4.69) is 15.2 Å². The number of benzene rings is 1. The summed E-state index contributed by atoms with van der Waals surface area (Å²) in [5.41, 5.74) is 7.05. The van der Waals surface area contributed by atoms with Crippen molar-refractivity contribution < 1.29 is 9.18 Å². The van der Waals surface area contributed by atoms with Crippen LogP contribution in [0.3, 0.4) is 0 Å². The van der Waals surface area contributed by atoms with Gasteiger partial charge in [0.25, 0.3) is 5.91 Å². The average molecular weight is 342 g/mol. The molecule has 1 atom stereocenters. The number of anilines is 1. The topological polar surface area (TPSA) is 71.2 Å². The molecule has 1 aliphatic heterocycles. The average Bonchev–Trinajstić information content (AvgIpc) is 2.64. The summed E-state index contributed by atoms with van der Waals surface area (Å²) in [4.78, 5) is 18.7. The lowest BCUT2D eigenvalue weighted by Gasteiger charge is -2.35. The van der Waals surface area contributed by atoms with Crippen molar-refractivity contribution in [3.8, 4) is 0 Å². The highest BCUT2D eigenvalue weighted by atomic mass is 19.1. The van der Waals surface area contributed by atoms with Gasteiger partial charge in [-0.2, -0.15) is 0 Å². The molecule has 2 heterocycles. The molecule has 0 spiro atoms. The van der Waals surface area contributed by atoms with Crippen LogP contribution in [0.5, 0.6) is 0 Å². The summed E-state index contributed by atoms with van der Waals surface area (Å²) >= 11 is 0. The minimum Gasteiger partial charge on any atom is -0.384 e. The minimum atomic E-state index is -0.252. The number of halogens is 1. The smallest absolute Gasteiger partial charge is 0.252 e. The van der Waals surface area contributed by atoms with E-state index in [1.54, 1.807) is 24.3 Å². The molecule has 2 aromatic rings. The van der Waals surface area contributed by atoms with Crippen molar-refractivity contribution in [2.45, 2.75) is 25.3 Å². The van der Waals surface area contributed by atoms with Crippen molar-refractivity contribution in [3.63, 3.8) is 0 Å². The summed E-state index contributed by atoms with van der Waals surface area (Å²) in [7, 11) is 0. The largest absolute Gasteiger partial charge is 0.384 e. The number of hydrogen-bond acceptors (Lipinski definition) is 4. The highest BCUT2D eigenvalue weighted by molar-refractivity contribution is 5.94. The predicted molar refractivity (Wildman–Crippen MR) is 95.5 cm³/mol. The SMILES string of the molecule is Nc1ccc(C(=O)NC[C@H](c2ccc(F)cc2)N2CCCCC2)cn1. The standard InChI is InChI=1S/C19H23FN4O/c20-16-7-4-14(5-8-16)17(24-10-2-1-3-11-24)13-23-19(25)15-6-9-18(21)22-12-15/h4-9,12,17H,1-3,10-11,13H2,(H2,21,22)(H,23,25)/t17-/m1/s1. The van der Waals surface area contributed by atoms with E-state index in [4.69, 9.17) is 5.73 Å². The number of nitrogens with two attached hydrogens (primary N) is 1. The molecule has 0 unspecified atom stereocenters. The lowest BCUT2D eigenvalue weighted by Crippen LogP contribution is -2.40. The zero-order valence-corrected chi connectivity index (χ0v) is 14.1. The van der Waals surface area contributed by atoms with Gasteiger partial charge in [0.1, 0.15) is 11.6 Å². The lowest BCUT2D eigenvalue weighted by molar-refractivity contribution is 0.0924. The number of pyridine rings is 1. The number of nitrogens with one attached hydrogen (secondary N) is 1. The van der Waals surface area contributed by atoms with Gasteiger partial charge >= 0.3 is 0 Å². The fourth-order valence-corrected chi connectivity index (χ4v) is 3.20. The van der Waals surface area contributed by atoms with E-state index >= 15 is 0 Å². The molecule has 0 radical (unpaired) electrons. The van der Waals surface area contributed by atoms with Gasteiger partial charge in [-0.05, 0) is 55.8 Å². The van der Waals surface area contributed by atoms with E-state index in [1.807, 2.05) is 0 Å². The molecule has 1 amide bonds. The fraction of sp³-hybridized carbons (Fsp3) is 0.368. The number of hydrogen-bond donors (Lipinski definition) is 2. The summed E-state index contributed by atoms with van der Waals surface area (Å²) in [5.74, 6) is -0.0520. The van der Waals surface area contributed by atoms with Gasteiger partial charge < -0.3 is 11.1 Å². The Labute approximate surface area is 147 Å². The number of nitrogen functional groups attached to an aromatic ring is 1. The predicted octanol–water partition coefficient (Wildman–Crippen LogP) is 2.76. The molecule has 6 heteroatoms. The van der Waals surface area contributed by atoms with Gasteiger partial charge in [-0.15, -0.1) is 0 Å². The highest BCUT2D eigenvalue weighted by Crippen LogP contribution is 2.24. The third-order valence-electron chi connectivity index (χ3n) is 4.59. The molecule has 0 aliphatic carbocycles. The van der Waals surface area contributed by atoms with Crippen LogP contribution in [0.4, 0.5) is 10.2 Å². The number of nitrogens with zero attached hydrogens (tertiary/aromatic N) is 2. The number of aromatic nitrogens is 1. The van der Waals surface area contributed by atoms with Crippen LogP contribution in [0, 0.1) is 5.82 Å². The van der Waals surface area contributed by atoms with Crippen LogP contribution in [0.25, 0.3) is 0 Å². The monoisotopic (exact) mass is 342 g/mol. The lowest BCUT2D eigenvalue weighted by atomic mass is 10.0. The van der Waals surface area contributed by atoms with Crippen LogP contribution in [-0.2, 0) is 0 Å². The molecule has 0 bridgehead atoms. The maximum absolute atomic E-state index is 13.3. The van der Waals surface area contributed by atoms with E-state index in [1.165, 1.54) is 24.8 Å². The number of amides is 1. The summed E-state index contributed by atoms with van der Waals surface area (Å²) in [5, 5.41) is 2.97. The van der Waals surface area contributed by atoms with Gasteiger partial charge in [-0.3, -0.25) is 9.69 Å². The first-order chi connectivity index (χ1) is 12.1. The van der Waals surface area contributed by atoms with Crippen molar-refractivity contribution in [1.29, 1.82) is 0 Å². The Hall–Kier alpha value is -2.47. The molecular formula is C19H23FN4O. The maximum atomic E-state index is 13.3. The molecule has 3 rings (SSSR count).